The minimum atomic E-state index is -4.78. The molecule has 254 valence electrons. The first-order chi connectivity index (χ1) is 22.3. The van der Waals surface area contributed by atoms with Gasteiger partial charge in [0.05, 0.1) is 18.6 Å². The lowest BCUT2D eigenvalue weighted by Gasteiger charge is -2.32. The molecule has 1 atom stereocenters. The Morgan fingerprint density at radius 3 is 2.64 bits per heavy atom. The molecule has 0 saturated heterocycles. The van der Waals surface area contributed by atoms with E-state index in [0.717, 1.165) is 17.0 Å². The molecular weight excluding hydrogens is 625 g/mol. The van der Waals surface area contributed by atoms with Crippen LogP contribution < -0.4 is 15.4 Å². The molecule has 3 aromatic rings. The smallest absolute Gasteiger partial charge is 0.433 e. The summed E-state index contributed by atoms with van der Waals surface area (Å²) in [5.41, 5.74) is -2.18. The maximum atomic E-state index is 13.7. The van der Waals surface area contributed by atoms with Crippen LogP contribution in [0.25, 0.3) is 5.65 Å². The zero-order valence-electron chi connectivity index (χ0n) is 26.3. The van der Waals surface area contributed by atoms with Gasteiger partial charge in [0.25, 0.3) is 11.8 Å². The third-order valence-corrected chi connectivity index (χ3v) is 7.54. The van der Waals surface area contributed by atoms with E-state index in [9.17, 15) is 32.3 Å². The van der Waals surface area contributed by atoms with E-state index in [-0.39, 0.29) is 62.7 Å². The lowest BCUT2D eigenvalue weighted by atomic mass is 9.77. The molecule has 0 saturated carbocycles. The van der Waals surface area contributed by atoms with Crippen molar-refractivity contribution in [1.29, 1.82) is 0 Å². The van der Waals surface area contributed by atoms with Gasteiger partial charge in [-0.15, -0.1) is 0 Å². The number of aryl methyl sites for hydroxylation is 1. The minimum absolute atomic E-state index is 0.0692. The molecule has 4 rings (SSSR count). The van der Waals surface area contributed by atoms with E-state index in [1.54, 1.807) is 31.2 Å². The number of benzene rings is 1. The lowest BCUT2D eigenvalue weighted by molar-refractivity contribution is -0.156. The molecule has 16 heteroatoms. The number of hydrogen-bond acceptors (Lipinski definition) is 9. The first kappa shape index (κ1) is 35.1. The van der Waals surface area contributed by atoms with E-state index >= 15 is 0 Å². The standard InChI is InChI=1S/C31H37F3N6O7/c1-4-46-29(44)30(9-6-12-45-3)16-21-7-5-8-22(14-21)47-18-27(42)35-10-11-39(17-26(41)36-19-30)28(43)23-15-25-37-20(2)13-24(31(32,33)34)40(25)38-23/h5,7-8,13-15H,4,6,9-12,16-19H2,1-3H3,(H,35,42)(H,36,41). The van der Waals surface area contributed by atoms with E-state index < -0.39 is 47.5 Å². The molecule has 0 radical (unpaired) electrons. The van der Waals surface area contributed by atoms with Crippen molar-refractivity contribution < 1.29 is 46.6 Å². The number of fused-ring (bicyclic) bond motifs is 3. The van der Waals surface area contributed by atoms with E-state index in [0.29, 0.717) is 28.9 Å². The van der Waals surface area contributed by atoms with Gasteiger partial charge in [-0.2, -0.15) is 18.3 Å². The number of alkyl halides is 3. The van der Waals surface area contributed by atoms with Gasteiger partial charge in [-0.25, -0.2) is 9.50 Å². The quantitative estimate of drug-likeness (QED) is 0.287. The number of amides is 3. The summed E-state index contributed by atoms with van der Waals surface area (Å²) in [5, 5.41) is 9.23. The highest BCUT2D eigenvalue weighted by Gasteiger charge is 2.41. The number of ether oxygens (including phenoxy) is 3. The third kappa shape index (κ3) is 8.96. The Bertz CT molecular complexity index is 1610. The lowest BCUT2D eigenvalue weighted by Crippen LogP contribution is -2.49. The number of esters is 1. The van der Waals surface area contributed by atoms with Crippen molar-refractivity contribution in [1.82, 2.24) is 30.1 Å². The summed E-state index contributed by atoms with van der Waals surface area (Å²) in [4.78, 5) is 58.2. The van der Waals surface area contributed by atoms with Gasteiger partial charge in [-0.05, 0) is 56.9 Å². The minimum Gasteiger partial charge on any atom is -0.484 e. The van der Waals surface area contributed by atoms with Gasteiger partial charge < -0.3 is 29.7 Å². The molecule has 0 fully saturated rings. The molecule has 0 spiro atoms. The Morgan fingerprint density at radius 2 is 1.91 bits per heavy atom. The summed E-state index contributed by atoms with van der Waals surface area (Å²) < 4.78 is 58.0. The number of hydrogen-bond donors (Lipinski definition) is 2. The first-order valence-electron chi connectivity index (χ1n) is 15.0. The summed E-state index contributed by atoms with van der Waals surface area (Å²) in [6, 6.07) is 8.80. The van der Waals surface area contributed by atoms with Gasteiger partial charge in [-0.3, -0.25) is 19.2 Å². The van der Waals surface area contributed by atoms with Crippen LogP contribution in [0.2, 0.25) is 0 Å². The zero-order chi connectivity index (χ0) is 34.2. The molecule has 13 nitrogen and oxygen atoms in total. The van der Waals surface area contributed by atoms with Crippen molar-refractivity contribution in [2.75, 3.05) is 53.1 Å². The first-order valence-corrected chi connectivity index (χ1v) is 15.0. The summed E-state index contributed by atoms with van der Waals surface area (Å²) in [6.07, 6.45) is -3.88. The van der Waals surface area contributed by atoms with Gasteiger partial charge in [0, 0.05) is 45.1 Å². The summed E-state index contributed by atoms with van der Waals surface area (Å²) >= 11 is 0. The summed E-state index contributed by atoms with van der Waals surface area (Å²) in [5.74, 6) is -2.18. The van der Waals surface area contributed by atoms with E-state index in [2.05, 4.69) is 20.7 Å². The second-order valence-corrected chi connectivity index (χ2v) is 11.1. The van der Waals surface area contributed by atoms with Crippen molar-refractivity contribution in [3.05, 3.63) is 59.0 Å². The monoisotopic (exact) mass is 662 g/mol. The third-order valence-electron chi connectivity index (χ3n) is 7.54. The number of nitrogens with zero attached hydrogens (tertiary/aromatic N) is 4. The molecule has 3 heterocycles. The highest BCUT2D eigenvalue weighted by Crippen LogP contribution is 2.32. The Labute approximate surface area is 268 Å². The Balaban J connectivity index is 1.67. The maximum Gasteiger partial charge on any atom is 0.433 e. The summed E-state index contributed by atoms with van der Waals surface area (Å²) in [7, 11) is 1.53. The number of carbonyl (C=O) groups is 4. The predicted octanol–water partition coefficient (Wildman–Crippen LogP) is 2.34. The molecule has 0 aliphatic carbocycles. The topological polar surface area (TPSA) is 153 Å². The fourth-order valence-corrected chi connectivity index (χ4v) is 5.31. The van der Waals surface area contributed by atoms with Gasteiger partial charge >= 0.3 is 12.1 Å². The molecule has 1 aliphatic rings. The number of rotatable bonds is 7. The molecule has 2 bridgehead atoms. The van der Waals surface area contributed by atoms with Gasteiger partial charge in [-0.1, -0.05) is 12.1 Å². The SMILES string of the molecule is CCOC(=O)C1(CCCOC)CNC(=O)CN(C(=O)c2cc3nc(C)cc(C(F)(F)F)n3n2)CCNC(=O)COc2cccc(c2)C1. The second kappa shape index (κ2) is 15.2. The number of nitrogens with one attached hydrogen (secondary N) is 2. The molecular formula is C31H37F3N6O7. The Kier molecular flexibility index (Phi) is 11.4. The fraction of sp³-hybridized carbons (Fsp3) is 0.484. The second-order valence-electron chi connectivity index (χ2n) is 11.1. The van der Waals surface area contributed by atoms with Crippen molar-refractivity contribution >= 4 is 29.3 Å². The van der Waals surface area contributed by atoms with E-state index in [4.69, 9.17) is 14.2 Å². The molecule has 47 heavy (non-hydrogen) atoms. The molecule has 1 aromatic carbocycles. The van der Waals surface area contributed by atoms with Crippen molar-refractivity contribution in [2.45, 2.75) is 39.3 Å². The fourth-order valence-electron chi connectivity index (χ4n) is 5.31. The molecule has 1 unspecified atom stereocenters. The summed E-state index contributed by atoms with van der Waals surface area (Å²) in [6.45, 7) is 2.14. The number of methoxy groups -OCH3 is 1. The number of carbonyl (C=O) groups excluding carboxylic acids is 4. The van der Waals surface area contributed by atoms with Crippen molar-refractivity contribution in [3.63, 3.8) is 0 Å². The molecule has 1 aliphatic heterocycles. The van der Waals surface area contributed by atoms with Crippen LogP contribution in [0.1, 0.15) is 47.2 Å². The van der Waals surface area contributed by atoms with Crippen LogP contribution in [-0.2, 0) is 36.5 Å². The number of halogens is 3. The van der Waals surface area contributed by atoms with Crippen LogP contribution in [0.15, 0.2) is 36.4 Å². The number of aromatic nitrogens is 3. The van der Waals surface area contributed by atoms with Crippen LogP contribution in [0.4, 0.5) is 13.2 Å². The Hall–Kier alpha value is -4.73. The van der Waals surface area contributed by atoms with Gasteiger partial charge in [0.2, 0.25) is 5.91 Å². The molecule has 2 aromatic heterocycles. The average Bonchev–Trinajstić information content (AvgIpc) is 3.44. The molecule has 2 N–H and O–H groups in total. The van der Waals surface area contributed by atoms with Gasteiger partial charge in [0.15, 0.2) is 17.9 Å². The van der Waals surface area contributed by atoms with E-state index in [1.807, 2.05) is 0 Å². The zero-order valence-corrected chi connectivity index (χ0v) is 26.3. The average molecular weight is 663 g/mol. The highest BCUT2D eigenvalue weighted by molar-refractivity contribution is 5.96. The maximum absolute atomic E-state index is 13.7. The van der Waals surface area contributed by atoms with Crippen LogP contribution >= 0.6 is 0 Å². The van der Waals surface area contributed by atoms with Crippen LogP contribution in [0.3, 0.4) is 0 Å². The van der Waals surface area contributed by atoms with Crippen molar-refractivity contribution in [3.8, 4) is 5.75 Å². The predicted molar refractivity (Wildman–Crippen MR) is 160 cm³/mol. The Morgan fingerprint density at radius 1 is 1.13 bits per heavy atom. The van der Waals surface area contributed by atoms with E-state index in [1.165, 1.54) is 14.0 Å². The molecule has 3 amide bonds. The van der Waals surface area contributed by atoms with Crippen LogP contribution in [0, 0.1) is 12.3 Å². The van der Waals surface area contributed by atoms with Crippen molar-refractivity contribution in [2.24, 2.45) is 5.41 Å². The normalized spacial score (nSPS) is 18.3. The highest BCUT2D eigenvalue weighted by atomic mass is 19.4. The largest absolute Gasteiger partial charge is 0.484 e. The van der Waals surface area contributed by atoms with Gasteiger partial charge in [0.1, 0.15) is 11.4 Å². The van der Waals surface area contributed by atoms with Crippen LogP contribution in [0.5, 0.6) is 5.75 Å². The van der Waals surface area contributed by atoms with Crippen LogP contribution in [-0.4, -0.2) is 96.3 Å².